The van der Waals surface area contributed by atoms with Crippen molar-refractivity contribution in [3.63, 3.8) is 0 Å². The van der Waals surface area contributed by atoms with E-state index in [9.17, 15) is 4.39 Å². The molecule has 5 aromatic rings. The summed E-state index contributed by atoms with van der Waals surface area (Å²) in [6.45, 7) is 4.62. The summed E-state index contributed by atoms with van der Waals surface area (Å²) in [6, 6.07) is 17.0. The van der Waals surface area contributed by atoms with Crippen LogP contribution < -0.4 is 0 Å². The Kier molecular flexibility index (Phi) is 4.32. The molecule has 2 aromatic carbocycles. The second-order valence-electron chi connectivity index (χ2n) is 10.2. The van der Waals surface area contributed by atoms with Gasteiger partial charge in [0.1, 0.15) is 11.6 Å². The number of halogens is 1. The lowest BCUT2D eigenvalue weighted by Gasteiger charge is -2.47. The van der Waals surface area contributed by atoms with E-state index in [4.69, 9.17) is 9.62 Å². The van der Waals surface area contributed by atoms with Crippen LogP contribution in [0.3, 0.4) is 0 Å². The van der Waals surface area contributed by atoms with Crippen LogP contribution in [-0.4, -0.2) is 19.9 Å². The van der Waals surface area contributed by atoms with E-state index in [2.05, 4.69) is 34.7 Å². The maximum atomic E-state index is 14.3. The first-order valence-electron chi connectivity index (χ1n) is 12.2. The largest absolute Gasteiger partial charge is 0.361 e. The molecule has 0 radical (unpaired) electrons. The number of aromatic nitrogens is 4. The van der Waals surface area contributed by atoms with E-state index >= 15 is 0 Å². The van der Waals surface area contributed by atoms with Gasteiger partial charge < -0.3 is 4.52 Å². The molecule has 0 fully saturated rings. The van der Waals surface area contributed by atoms with Gasteiger partial charge in [0.15, 0.2) is 0 Å². The number of para-hydroxylation sites is 1. The van der Waals surface area contributed by atoms with Gasteiger partial charge in [0.2, 0.25) is 0 Å². The van der Waals surface area contributed by atoms with Crippen LogP contribution in [0.5, 0.6) is 0 Å². The van der Waals surface area contributed by atoms with Gasteiger partial charge in [-0.1, -0.05) is 49.3 Å². The number of pyridine rings is 1. The predicted octanol–water partition coefficient (Wildman–Crippen LogP) is 6.39. The number of hydrogen-bond donors (Lipinski definition) is 0. The van der Waals surface area contributed by atoms with Gasteiger partial charge in [0.25, 0.3) is 0 Å². The van der Waals surface area contributed by atoms with Crippen LogP contribution in [0, 0.1) is 11.7 Å². The maximum Gasteiger partial charge on any atom is 0.143 e. The van der Waals surface area contributed by atoms with Gasteiger partial charge in [-0.3, -0.25) is 4.98 Å². The Labute approximate surface area is 202 Å². The highest BCUT2D eigenvalue weighted by Crippen LogP contribution is 2.55. The molecule has 0 aliphatic heterocycles. The Hall–Kier alpha value is -3.80. The molecule has 3 aromatic heterocycles. The van der Waals surface area contributed by atoms with Gasteiger partial charge in [-0.2, -0.15) is 5.10 Å². The number of nitrogens with zero attached hydrogens (tertiary/aromatic N) is 4. The van der Waals surface area contributed by atoms with Crippen molar-refractivity contribution in [3.8, 4) is 16.9 Å². The first-order chi connectivity index (χ1) is 17.0. The molecule has 5 nitrogen and oxygen atoms in total. The van der Waals surface area contributed by atoms with E-state index < -0.39 is 0 Å². The van der Waals surface area contributed by atoms with E-state index in [1.54, 1.807) is 12.1 Å². The average molecular weight is 465 g/mol. The van der Waals surface area contributed by atoms with E-state index in [1.165, 1.54) is 22.9 Å². The van der Waals surface area contributed by atoms with Crippen LogP contribution in [0.15, 0.2) is 71.5 Å². The first-order valence-corrected chi connectivity index (χ1v) is 12.2. The third-order valence-electron chi connectivity index (χ3n) is 8.25. The summed E-state index contributed by atoms with van der Waals surface area (Å²) in [5, 5.41) is 10.4. The highest BCUT2D eigenvalue weighted by molar-refractivity contribution is 5.87. The summed E-state index contributed by atoms with van der Waals surface area (Å²) < 4.78 is 22.1. The molecular formula is C29H25FN4O. The standard InChI is InChI=1S/C29H25FN4O/c1-17-23-11-10-22-26(18-6-5-7-20(30)14-18)33-34(25-12-13-31-24-9-4-3-8-21(24)25)28(22)29(23,2)15-19-16-32-35-27(17)19/h3-9,12-14,16-17,23H,10-11,15H2,1-2H3/t17-,23-,29-/m1/s1. The minimum atomic E-state index is -0.250. The Morgan fingerprint density at radius 2 is 2.00 bits per heavy atom. The van der Waals surface area contributed by atoms with Crippen molar-refractivity contribution in [1.29, 1.82) is 0 Å². The first kappa shape index (κ1) is 20.6. The number of rotatable bonds is 2. The second-order valence-corrected chi connectivity index (χ2v) is 10.2. The molecular weight excluding hydrogens is 439 g/mol. The minimum Gasteiger partial charge on any atom is -0.361 e. The number of benzene rings is 2. The van der Waals surface area contributed by atoms with Gasteiger partial charge in [0.05, 0.1) is 28.8 Å². The molecule has 0 unspecified atom stereocenters. The Balaban J connectivity index is 1.54. The molecule has 35 heavy (non-hydrogen) atoms. The van der Waals surface area contributed by atoms with Crippen LogP contribution >= 0.6 is 0 Å². The molecule has 0 N–H and O–H groups in total. The summed E-state index contributed by atoms with van der Waals surface area (Å²) in [7, 11) is 0. The van der Waals surface area contributed by atoms with Crippen molar-refractivity contribution in [2.75, 3.05) is 0 Å². The zero-order valence-corrected chi connectivity index (χ0v) is 19.7. The average Bonchev–Trinajstić information content (AvgIpc) is 3.49. The minimum absolute atomic E-state index is 0.172. The van der Waals surface area contributed by atoms with Crippen molar-refractivity contribution >= 4 is 10.9 Å². The fourth-order valence-electron chi connectivity index (χ4n) is 6.75. The van der Waals surface area contributed by atoms with Crippen LogP contribution in [0.25, 0.3) is 27.8 Å². The molecule has 0 amide bonds. The molecule has 2 aliphatic rings. The summed E-state index contributed by atoms with van der Waals surface area (Å²) in [5.41, 5.74) is 7.03. The van der Waals surface area contributed by atoms with Crippen molar-refractivity contribution in [2.45, 2.75) is 44.4 Å². The predicted molar refractivity (Wildman–Crippen MR) is 132 cm³/mol. The molecule has 3 heterocycles. The molecule has 0 spiro atoms. The summed E-state index contributed by atoms with van der Waals surface area (Å²) >= 11 is 0. The molecule has 6 heteroatoms. The molecule has 174 valence electrons. The summed E-state index contributed by atoms with van der Waals surface area (Å²) in [5.74, 6) is 1.41. The molecule has 0 saturated heterocycles. The zero-order valence-electron chi connectivity index (χ0n) is 19.7. The Morgan fingerprint density at radius 3 is 2.89 bits per heavy atom. The maximum absolute atomic E-state index is 14.3. The SMILES string of the molecule is C[C@H]1c2oncc2C[C@@]2(C)c3c(c(-c4cccc(F)c4)nn3-c3ccnc4ccccc34)CC[C@H]12. The fourth-order valence-corrected chi connectivity index (χ4v) is 6.75. The summed E-state index contributed by atoms with van der Waals surface area (Å²) in [4.78, 5) is 4.58. The Bertz CT molecular complexity index is 1600. The van der Waals surface area contributed by atoms with Crippen molar-refractivity contribution in [2.24, 2.45) is 5.92 Å². The van der Waals surface area contributed by atoms with Crippen molar-refractivity contribution < 1.29 is 8.91 Å². The van der Waals surface area contributed by atoms with Gasteiger partial charge in [-0.05, 0) is 49.4 Å². The fraction of sp³-hybridized carbons (Fsp3) is 0.276. The lowest BCUT2D eigenvalue weighted by molar-refractivity contribution is 0.170. The van der Waals surface area contributed by atoms with Crippen LogP contribution in [0.2, 0.25) is 0 Å². The third kappa shape index (κ3) is 2.89. The van der Waals surface area contributed by atoms with Crippen LogP contribution in [-0.2, 0) is 18.3 Å². The van der Waals surface area contributed by atoms with Gasteiger partial charge in [-0.25, -0.2) is 9.07 Å². The normalized spacial score (nSPS) is 23.1. The second kappa shape index (κ2) is 7.35. The van der Waals surface area contributed by atoms with Crippen LogP contribution in [0.4, 0.5) is 4.39 Å². The van der Waals surface area contributed by atoms with Crippen LogP contribution in [0.1, 0.15) is 48.8 Å². The van der Waals surface area contributed by atoms with Crippen molar-refractivity contribution in [3.05, 3.63) is 95.4 Å². The van der Waals surface area contributed by atoms with Gasteiger partial charge in [-0.15, -0.1) is 0 Å². The Morgan fingerprint density at radius 1 is 1.11 bits per heavy atom. The smallest absolute Gasteiger partial charge is 0.143 e. The molecule has 0 saturated carbocycles. The lowest BCUT2D eigenvalue weighted by atomic mass is 9.56. The number of fused-ring (bicyclic) bond motifs is 5. The molecule has 0 bridgehead atoms. The van der Waals surface area contributed by atoms with E-state index in [1.807, 2.05) is 42.7 Å². The molecule has 7 rings (SSSR count). The highest BCUT2D eigenvalue weighted by atomic mass is 19.1. The lowest BCUT2D eigenvalue weighted by Crippen LogP contribution is -2.45. The molecule has 2 aliphatic carbocycles. The van der Waals surface area contributed by atoms with E-state index in [-0.39, 0.29) is 17.2 Å². The van der Waals surface area contributed by atoms with Crippen molar-refractivity contribution in [1.82, 2.24) is 19.9 Å². The topological polar surface area (TPSA) is 56.7 Å². The quantitative estimate of drug-likeness (QED) is 0.304. The van der Waals surface area contributed by atoms with Gasteiger partial charge in [0, 0.05) is 39.6 Å². The van der Waals surface area contributed by atoms with E-state index in [0.29, 0.717) is 5.92 Å². The zero-order chi connectivity index (χ0) is 23.7. The monoisotopic (exact) mass is 464 g/mol. The summed E-state index contributed by atoms with van der Waals surface area (Å²) in [6.07, 6.45) is 6.47. The molecule has 3 atom stereocenters. The number of hydrogen-bond acceptors (Lipinski definition) is 4. The van der Waals surface area contributed by atoms with E-state index in [0.717, 1.165) is 52.9 Å². The van der Waals surface area contributed by atoms with Gasteiger partial charge >= 0.3 is 0 Å². The third-order valence-corrected chi connectivity index (χ3v) is 8.25. The highest BCUT2D eigenvalue weighted by Gasteiger charge is 2.51.